The Labute approximate surface area is 181 Å². The first-order chi connectivity index (χ1) is 15.0. The van der Waals surface area contributed by atoms with Gasteiger partial charge in [0, 0.05) is 5.56 Å². The van der Waals surface area contributed by atoms with Crippen LogP contribution in [-0.4, -0.2) is 47.7 Å². The lowest BCUT2D eigenvalue weighted by Crippen LogP contribution is -2.32. The van der Waals surface area contributed by atoms with Crippen molar-refractivity contribution < 1.29 is 19.0 Å². The Morgan fingerprint density at radius 2 is 1.74 bits per heavy atom. The summed E-state index contributed by atoms with van der Waals surface area (Å²) in [6.07, 6.45) is 0. The molecule has 0 aliphatic rings. The minimum absolute atomic E-state index is 0.317. The number of hydrogen-bond acceptors (Lipinski definition) is 6. The van der Waals surface area contributed by atoms with Crippen LogP contribution in [0.3, 0.4) is 0 Å². The van der Waals surface area contributed by atoms with Crippen molar-refractivity contribution >= 4 is 6.03 Å². The molecule has 0 unspecified atom stereocenters. The van der Waals surface area contributed by atoms with Crippen molar-refractivity contribution in [3.8, 4) is 34.6 Å². The first-order valence-electron chi connectivity index (χ1n) is 9.97. The molecule has 0 spiro atoms. The Kier molecular flexibility index (Phi) is 7.31. The Morgan fingerprint density at radius 3 is 2.35 bits per heavy atom. The van der Waals surface area contributed by atoms with Gasteiger partial charge in [-0.1, -0.05) is 13.8 Å². The van der Waals surface area contributed by atoms with E-state index in [0.717, 1.165) is 17.0 Å². The molecule has 0 saturated heterocycles. The topological polar surface area (TPSA) is 114 Å². The van der Waals surface area contributed by atoms with Crippen LogP contribution in [0.1, 0.15) is 13.8 Å². The van der Waals surface area contributed by atoms with Crippen LogP contribution in [0.2, 0.25) is 0 Å². The molecular weight excluding hydrogens is 398 g/mol. The molecule has 0 aliphatic heterocycles. The predicted octanol–water partition coefficient (Wildman–Crippen LogP) is 3.02. The molecule has 31 heavy (non-hydrogen) atoms. The molecule has 3 N–H and O–H groups in total. The van der Waals surface area contributed by atoms with E-state index in [0.29, 0.717) is 43.3 Å². The van der Waals surface area contributed by atoms with E-state index in [1.54, 1.807) is 11.8 Å². The molecule has 164 valence electrons. The number of aromatic nitrogens is 3. The number of carbonyl (C=O) groups is 1. The number of methoxy groups -OCH3 is 1. The first kappa shape index (κ1) is 21.9. The van der Waals surface area contributed by atoms with Gasteiger partial charge < -0.3 is 25.3 Å². The number of carbonyl (C=O) groups excluding carboxylic acids is 1. The number of primary amides is 1. The van der Waals surface area contributed by atoms with Crippen LogP contribution < -0.4 is 25.3 Å². The van der Waals surface area contributed by atoms with Gasteiger partial charge in [0.25, 0.3) is 0 Å². The zero-order chi connectivity index (χ0) is 22.2. The summed E-state index contributed by atoms with van der Waals surface area (Å²) >= 11 is 0. The summed E-state index contributed by atoms with van der Waals surface area (Å²) < 4.78 is 18.3. The van der Waals surface area contributed by atoms with Crippen LogP contribution >= 0.6 is 0 Å². The lowest BCUT2D eigenvalue weighted by atomic mass is 10.2. The van der Waals surface area contributed by atoms with E-state index in [2.05, 4.69) is 29.2 Å². The normalized spacial score (nSPS) is 10.7. The molecule has 0 fully saturated rings. The number of benzene rings is 2. The summed E-state index contributed by atoms with van der Waals surface area (Å²) in [5, 5.41) is 7.02. The second-order valence-corrected chi connectivity index (χ2v) is 7.20. The Morgan fingerprint density at radius 1 is 1.06 bits per heavy atom. The zero-order valence-electron chi connectivity index (χ0n) is 17.9. The highest BCUT2D eigenvalue weighted by Gasteiger charge is 2.15. The number of nitrogens with two attached hydrogens (primary N) is 1. The number of hydrogen-bond donors (Lipinski definition) is 2. The molecule has 3 rings (SSSR count). The predicted molar refractivity (Wildman–Crippen MR) is 117 cm³/mol. The highest BCUT2D eigenvalue weighted by Crippen LogP contribution is 2.26. The maximum Gasteiger partial charge on any atom is 0.336 e. The van der Waals surface area contributed by atoms with Gasteiger partial charge in [0.1, 0.15) is 18.1 Å². The van der Waals surface area contributed by atoms with Crippen molar-refractivity contribution in [3.63, 3.8) is 0 Å². The van der Waals surface area contributed by atoms with E-state index in [9.17, 15) is 4.79 Å². The van der Waals surface area contributed by atoms with Gasteiger partial charge in [-0.25, -0.2) is 9.48 Å². The average molecular weight is 425 g/mol. The molecule has 9 heteroatoms. The molecule has 0 aliphatic carbocycles. The summed E-state index contributed by atoms with van der Waals surface area (Å²) in [6.45, 7) is 5.31. The van der Waals surface area contributed by atoms with Crippen LogP contribution in [-0.2, 0) is 0 Å². The molecule has 1 aromatic heterocycles. The van der Waals surface area contributed by atoms with Gasteiger partial charge in [-0.15, -0.1) is 5.10 Å². The molecule has 1 heterocycles. The smallest absolute Gasteiger partial charge is 0.336 e. The van der Waals surface area contributed by atoms with Gasteiger partial charge in [0.15, 0.2) is 5.82 Å². The molecule has 2 amide bonds. The van der Waals surface area contributed by atoms with Gasteiger partial charge in [-0.2, -0.15) is 4.98 Å². The molecule has 0 saturated carbocycles. The Balaban J connectivity index is 1.83. The van der Waals surface area contributed by atoms with Crippen LogP contribution in [0.4, 0.5) is 4.79 Å². The van der Waals surface area contributed by atoms with Gasteiger partial charge in [-0.05, 0) is 54.4 Å². The fourth-order valence-corrected chi connectivity index (χ4v) is 2.73. The second-order valence-electron chi connectivity index (χ2n) is 7.20. The fourth-order valence-electron chi connectivity index (χ4n) is 2.73. The number of ether oxygens (including phenoxy) is 3. The van der Waals surface area contributed by atoms with Crippen LogP contribution in [0, 0.1) is 5.92 Å². The third-order valence-corrected chi connectivity index (χ3v) is 4.23. The first-order valence-corrected chi connectivity index (χ1v) is 9.97. The molecule has 0 bridgehead atoms. The molecule has 0 radical (unpaired) electrons. The highest BCUT2D eigenvalue weighted by molar-refractivity contribution is 5.71. The monoisotopic (exact) mass is 425 g/mol. The van der Waals surface area contributed by atoms with E-state index in [-0.39, 0.29) is 0 Å². The van der Waals surface area contributed by atoms with E-state index < -0.39 is 6.03 Å². The van der Waals surface area contributed by atoms with Crippen molar-refractivity contribution in [1.29, 1.82) is 0 Å². The average Bonchev–Trinajstić information content (AvgIpc) is 3.20. The highest BCUT2D eigenvalue weighted by atomic mass is 16.5. The van der Waals surface area contributed by atoms with E-state index in [1.165, 1.54) is 0 Å². The summed E-state index contributed by atoms with van der Waals surface area (Å²) in [4.78, 5) is 15.3. The summed E-state index contributed by atoms with van der Waals surface area (Å²) in [6, 6.07) is 14.8. The summed E-state index contributed by atoms with van der Waals surface area (Å²) in [5.74, 6) is 2.43. The number of amides is 2. The number of urea groups is 1. The van der Waals surface area contributed by atoms with E-state index >= 15 is 0 Å². The molecule has 9 nitrogen and oxygen atoms in total. The fraction of sp³-hybridized carbons (Fsp3) is 0.318. The van der Waals surface area contributed by atoms with E-state index in [1.807, 2.05) is 48.5 Å². The maximum absolute atomic E-state index is 10.7. The van der Waals surface area contributed by atoms with Crippen molar-refractivity contribution in [1.82, 2.24) is 20.1 Å². The van der Waals surface area contributed by atoms with Crippen LogP contribution in [0.15, 0.2) is 48.5 Å². The number of rotatable bonds is 10. The van der Waals surface area contributed by atoms with E-state index in [4.69, 9.17) is 19.9 Å². The van der Waals surface area contributed by atoms with Crippen molar-refractivity contribution in [2.45, 2.75) is 13.8 Å². The third-order valence-electron chi connectivity index (χ3n) is 4.23. The largest absolute Gasteiger partial charge is 0.497 e. The van der Waals surface area contributed by atoms with Crippen molar-refractivity contribution in [3.05, 3.63) is 48.5 Å². The third kappa shape index (κ3) is 6.11. The van der Waals surface area contributed by atoms with Crippen LogP contribution in [0.25, 0.3) is 17.1 Å². The molecule has 3 aromatic rings. The van der Waals surface area contributed by atoms with Crippen LogP contribution in [0.5, 0.6) is 17.5 Å². The second kappa shape index (κ2) is 10.3. The molecule has 2 aromatic carbocycles. The molecular formula is C22H27N5O4. The number of nitrogens with one attached hydrogen (secondary N) is 1. The van der Waals surface area contributed by atoms with Crippen molar-refractivity contribution in [2.75, 3.05) is 26.9 Å². The van der Waals surface area contributed by atoms with Gasteiger partial charge in [0.05, 0.1) is 25.9 Å². The quantitative estimate of drug-likeness (QED) is 0.483. The maximum atomic E-state index is 10.7. The minimum Gasteiger partial charge on any atom is -0.497 e. The summed E-state index contributed by atoms with van der Waals surface area (Å²) in [5.41, 5.74) is 6.72. The minimum atomic E-state index is -0.577. The lowest BCUT2D eigenvalue weighted by Gasteiger charge is -2.09. The number of nitrogens with zero attached hydrogens (tertiary/aromatic N) is 3. The molecule has 0 atom stereocenters. The van der Waals surface area contributed by atoms with Gasteiger partial charge >= 0.3 is 12.0 Å². The summed E-state index contributed by atoms with van der Waals surface area (Å²) in [7, 11) is 1.63. The van der Waals surface area contributed by atoms with Gasteiger partial charge in [-0.3, -0.25) is 0 Å². The standard InChI is InChI=1S/C22H27N5O4/c1-15(2)14-31-22-25-20(27(26-22)17-6-10-18(29-3)11-7-17)16-4-8-19(9-5-16)30-13-12-24-21(23)28/h4-11,15H,12-14H2,1-3H3,(H3,23,24,28). The lowest BCUT2D eigenvalue weighted by molar-refractivity contribution is 0.244. The SMILES string of the molecule is COc1ccc(-n2nc(OCC(C)C)nc2-c2ccc(OCCNC(N)=O)cc2)cc1. The van der Waals surface area contributed by atoms with Gasteiger partial charge in [0.2, 0.25) is 0 Å². The zero-order valence-corrected chi connectivity index (χ0v) is 17.9. The van der Waals surface area contributed by atoms with Crippen molar-refractivity contribution in [2.24, 2.45) is 11.7 Å². The Bertz CT molecular complexity index is 984. The Hall–Kier alpha value is -3.75.